The van der Waals surface area contributed by atoms with Crippen LogP contribution in [0.4, 0.5) is 0 Å². The molecule has 0 saturated carbocycles. The fourth-order valence-electron chi connectivity index (χ4n) is 3.04. The molecule has 0 aliphatic carbocycles. The van der Waals surface area contributed by atoms with Crippen LogP contribution in [-0.2, 0) is 42.7 Å². The summed E-state index contributed by atoms with van der Waals surface area (Å²) in [6, 6.07) is 0. The number of rotatable bonds is 31. The zero-order valence-electron chi connectivity index (χ0n) is 23.1. The summed E-state index contributed by atoms with van der Waals surface area (Å²) in [6.07, 6.45) is 9.70. The minimum atomic E-state index is -0.144. The number of esters is 1. The van der Waals surface area contributed by atoms with Crippen LogP contribution in [-0.4, -0.2) is 105 Å². The normalized spacial score (nSPS) is 11.3. The number of carbonyl (C=O) groups excluding carboxylic acids is 1. The van der Waals surface area contributed by atoms with Gasteiger partial charge in [0.1, 0.15) is 6.61 Å². The van der Waals surface area contributed by atoms with Crippen molar-refractivity contribution in [3.05, 3.63) is 0 Å². The number of carbonyl (C=O) groups is 1. The van der Waals surface area contributed by atoms with E-state index in [-0.39, 0.29) is 5.97 Å². The molecule has 0 saturated heterocycles. The topological polar surface area (TPSA) is 90.9 Å². The fraction of sp³-hybridized carbons (Fsp3) is 0.963. The third-order valence-electron chi connectivity index (χ3n) is 5.10. The number of hydrogen-bond donors (Lipinski definition) is 0. The van der Waals surface area contributed by atoms with Crippen molar-refractivity contribution in [1.82, 2.24) is 0 Å². The van der Waals surface area contributed by atoms with Gasteiger partial charge < -0.3 is 37.9 Å². The zero-order chi connectivity index (χ0) is 26.2. The Labute approximate surface area is 219 Å². The molecule has 0 heterocycles. The third-order valence-corrected chi connectivity index (χ3v) is 5.10. The molecule has 0 unspecified atom stereocenters. The third kappa shape index (κ3) is 31.2. The lowest BCUT2D eigenvalue weighted by atomic mass is 10.2. The SMILES string of the molecule is CCCCCCOCCOCCOCCOCCOCCOCCOCCOC(=O)CCCCCC. The van der Waals surface area contributed by atoms with Gasteiger partial charge in [-0.1, -0.05) is 52.4 Å². The zero-order valence-corrected chi connectivity index (χ0v) is 23.1. The van der Waals surface area contributed by atoms with E-state index in [0.29, 0.717) is 98.9 Å². The van der Waals surface area contributed by atoms with Gasteiger partial charge in [0.25, 0.3) is 0 Å². The number of unbranched alkanes of at least 4 members (excludes halogenated alkanes) is 6. The van der Waals surface area contributed by atoms with E-state index in [2.05, 4.69) is 13.8 Å². The van der Waals surface area contributed by atoms with Crippen molar-refractivity contribution in [2.45, 2.75) is 71.6 Å². The predicted octanol–water partition coefficient (Wildman–Crippen LogP) is 4.20. The highest BCUT2D eigenvalue weighted by Gasteiger charge is 2.02. The van der Waals surface area contributed by atoms with Crippen LogP contribution in [0.25, 0.3) is 0 Å². The van der Waals surface area contributed by atoms with Gasteiger partial charge in [0.05, 0.1) is 85.9 Å². The molecule has 0 aliphatic heterocycles. The maximum absolute atomic E-state index is 11.5. The second-order valence-corrected chi connectivity index (χ2v) is 8.38. The summed E-state index contributed by atoms with van der Waals surface area (Å²) in [5.41, 5.74) is 0. The van der Waals surface area contributed by atoms with E-state index in [4.69, 9.17) is 37.9 Å². The highest BCUT2D eigenvalue weighted by atomic mass is 16.6. The van der Waals surface area contributed by atoms with Crippen molar-refractivity contribution in [3.8, 4) is 0 Å². The molecule has 0 atom stereocenters. The number of ether oxygens (including phenoxy) is 8. The van der Waals surface area contributed by atoms with E-state index in [1.807, 2.05) is 0 Å². The predicted molar refractivity (Wildman–Crippen MR) is 140 cm³/mol. The lowest BCUT2D eigenvalue weighted by Gasteiger charge is -2.09. The first-order chi connectivity index (χ1) is 17.8. The summed E-state index contributed by atoms with van der Waals surface area (Å²) in [6.45, 7) is 12.3. The minimum absolute atomic E-state index is 0.144. The van der Waals surface area contributed by atoms with E-state index in [9.17, 15) is 4.79 Å². The van der Waals surface area contributed by atoms with E-state index < -0.39 is 0 Å². The molecule has 0 amide bonds. The minimum Gasteiger partial charge on any atom is -0.463 e. The lowest BCUT2D eigenvalue weighted by Crippen LogP contribution is -2.15. The van der Waals surface area contributed by atoms with Crippen LogP contribution >= 0.6 is 0 Å². The molecule has 216 valence electrons. The van der Waals surface area contributed by atoms with Gasteiger partial charge in [-0.25, -0.2) is 0 Å². The quantitative estimate of drug-likeness (QED) is 0.0981. The van der Waals surface area contributed by atoms with E-state index in [0.717, 1.165) is 38.7 Å². The van der Waals surface area contributed by atoms with Gasteiger partial charge in [-0.05, 0) is 12.8 Å². The van der Waals surface area contributed by atoms with Crippen LogP contribution < -0.4 is 0 Å². The highest BCUT2D eigenvalue weighted by molar-refractivity contribution is 5.69. The van der Waals surface area contributed by atoms with Crippen LogP contribution in [0.5, 0.6) is 0 Å². The van der Waals surface area contributed by atoms with Crippen LogP contribution in [0.15, 0.2) is 0 Å². The largest absolute Gasteiger partial charge is 0.463 e. The molecule has 0 N–H and O–H groups in total. The summed E-state index contributed by atoms with van der Waals surface area (Å²) in [5.74, 6) is -0.144. The first kappa shape index (κ1) is 35.2. The average Bonchev–Trinajstić information content (AvgIpc) is 2.88. The Morgan fingerprint density at radius 1 is 0.389 bits per heavy atom. The van der Waals surface area contributed by atoms with Crippen molar-refractivity contribution >= 4 is 5.97 Å². The molecular weight excluding hydrogens is 468 g/mol. The smallest absolute Gasteiger partial charge is 0.305 e. The maximum atomic E-state index is 11.5. The summed E-state index contributed by atoms with van der Waals surface area (Å²) in [7, 11) is 0. The van der Waals surface area contributed by atoms with Gasteiger partial charge in [0.2, 0.25) is 0 Å². The second-order valence-electron chi connectivity index (χ2n) is 8.38. The van der Waals surface area contributed by atoms with Gasteiger partial charge in [-0.2, -0.15) is 0 Å². The average molecular weight is 523 g/mol. The monoisotopic (exact) mass is 522 g/mol. The molecule has 0 radical (unpaired) electrons. The highest BCUT2D eigenvalue weighted by Crippen LogP contribution is 2.03. The van der Waals surface area contributed by atoms with Crippen LogP contribution in [0, 0.1) is 0 Å². The van der Waals surface area contributed by atoms with Crippen LogP contribution in [0.3, 0.4) is 0 Å². The van der Waals surface area contributed by atoms with Crippen LogP contribution in [0.1, 0.15) is 71.6 Å². The second kappa shape index (κ2) is 32.2. The van der Waals surface area contributed by atoms with Gasteiger partial charge in [-0.15, -0.1) is 0 Å². The Morgan fingerprint density at radius 2 is 0.722 bits per heavy atom. The Kier molecular flexibility index (Phi) is 31.5. The maximum Gasteiger partial charge on any atom is 0.305 e. The van der Waals surface area contributed by atoms with Gasteiger partial charge in [-0.3, -0.25) is 4.79 Å². The molecule has 0 rings (SSSR count). The van der Waals surface area contributed by atoms with Crippen LogP contribution in [0.2, 0.25) is 0 Å². The molecule has 0 bridgehead atoms. The van der Waals surface area contributed by atoms with E-state index in [1.54, 1.807) is 0 Å². The fourth-order valence-corrected chi connectivity index (χ4v) is 3.04. The first-order valence-electron chi connectivity index (χ1n) is 14.0. The summed E-state index contributed by atoms with van der Waals surface area (Å²) >= 11 is 0. The molecule has 0 fully saturated rings. The summed E-state index contributed by atoms with van der Waals surface area (Å²) < 4.78 is 43.3. The van der Waals surface area contributed by atoms with Crippen molar-refractivity contribution in [2.24, 2.45) is 0 Å². The number of hydrogen-bond acceptors (Lipinski definition) is 9. The molecular formula is C27H54O9. The molecule has 0 aliphatic rings. The molecule has 0 aromatic heterocycles. The van der Waals surface area contributed by atoms with Crippen molar-refractivity contribution < 1.29 is 42.7 Å². The van der Waals surface area contributed by atoms with E-state index >= 15 is 0 Å². The molecule has 9 nitrogen and oxygen atoms in total. The summed E-state index contributed by atoms with van der Waals surface area (Å²) in [4.78, 5) is 11.5. The molecule has 0 aromatic carbocycles. The standard InChI is InChI=1S/C27H54O9/c1-3-5-7-9-11-27(28)36-26-25-35-24-23-34-22-21-33-20-19-32-18-17-31-16-15-30-14-13-29-12-10-8-6-4-2/h3-26H2,1-2H3. The Bertz CT molecular complexity index is 424. The van der Waals surface area contributed by atoms with Gasteiger partial charge in [0, 0.05) is 13.0 Å². The Balaban J connectivity index is 3.07. The van der Waals surface area contributed by atoms with Crippen molar-refractivity contribution in [2.75, 3.05) is 99.1 Å². The van der Waals surface area contributed by atoms with Crippen molar-refractivity contribution in [1.29, 1.82) is 0 Å². The van der Waals surface area contributed by atoms with Gasteiger partial charge in [0.15, 0.2) is 0 Å². The van der Waals surface area contributed by atoms with Gasteiger partial charge >= 0.3 is 5.97 Å². The van der Waals surface area contributed by atoms with Crippen molar-refractivity contribution in [3.63, 3.8) is 0 Å². The molecule has 0 aromatic rings. The lowest BCUT2D eigenvalue weighted by molar-refractivity contribution is -0.145. The van der Waals surface area contributed by atoms with E-state index in [1.165, 1.54) is 19.3 Å². The molecule has 9 heteroatoms. The summed E-state index contributed by atoms with van der Waals surface area (Å²) in [5, 5.41) is 0. The first-order valence-corrected chi connectivity index (χ1v) is 14.0. The molecule has 0 spiro atoms. The Morgan fingerprint density at radius 3 is 1.11 bits per heavy atom. The molecule has 36 heavy (non-hydrogen) atoms. The Hall–Kier alpha value is -0.810.